The molecule has 3 N–H and O–H groups in total. The molecule has 1 aromatic carbocycles. The van der Waals surface area contributed by atoms with Gasteiger partial charge in [-0.2, -0.15) is 0 Å². The molecule has 0 spiro atoms. The van der Waals surface area contributed by atoms with Gasteiger partial charge in [-0.1, -0.05) is 30.3 Å². The number of benzene rings is 1. The highest BCUT2D eigenvalue weighted by atomic mass is 16.4. The van der Waals surface area contributed by atoms with E-state index in [2.05, 4.69) is 4.90 Å². The molecule has 3 saturated heterocycles. The number of carboxylic acids is 1. The van der Waals surface area contributed by atoms with Gasteiger partial charge >= 0.3 is 5.97 Å². The van der Waals surface area contributed by atoms with Gasteiger partial charge < -0.3 is 15.7 Å². The molecule has 104 valence electrons. The minimum atomic E-state index is -1.00. The van der Waals surface area contributed by atoms with Gasteiger partial charge in [-0.25, -0.2) is 0 Å². The topological polar surface area (TPSA) is 66.6 Å². The molecule has 3 heterocycles. The number of hydrogen-bond acceptors (Lipinski definition) is 3. The van der Waals surface area contributed by atoms with Gasteiger partial charge in [0.1, 0.15) is 6.04 Å². The molecule has 19 heavy (non-hydrogen) atoms. The van der Waals surface area contributed by atoms with Crippen LogP contribution in [-0.4, -0.2) is 35.6 Å². The molecule has 0 aromatic heterocycles. The zero-order valence-corrected chi connectivity index (χ0v) is 11.2. The summed E-state index contributed by atoms with van der Waals surface area (Å²) >= 11 is 0. The lowest BCUT2D eigenvalue weighted by Gasteiger charge is -2.38. The molecule has 3 fully saturated rings. The van der Waals surface area contributed by atoms with Crippen molar-refractivity contribution in [3.05, 3.63) is 35.9 Å². The first kappa shape index (κ1) is 14.0. The van der Waals surface area contributed by atoms with Crippen molar-refractivity contribution in [2.45, 2.75) is 25.3 Å². The lowest BCUT2D eigenvalue weighted by molar-refractivity contribution is -0.138. The van der Waals surface area contributed by atoms with Crippen LogP contribution in [0.25, 0.3) is 0 Å². The third-order valence-corrected chi connectivity index (χ3v) is 3.99. The van der Waals surface area contributed by atoms with Crippen LogP contribution in [0.2, 0.25) is 0 Å². The normalized spacial score (nSPS) is 26.2. The van der Waals surface area contributed by atoms with E-state index in [4.69, 9.17) is 10.8 Å². The Hall–Kier alpha value is -1.39. The summed E-state index contributed by atoms with van der Waals surface area (Å²) in [5.74, 6) is 0.108. The summed E-state index contributed by atoms with van der Waals surface area (Å²) in [6.07, 6.45) is 4.46. The number of rotatable bonds is 2. The quantitative estimate of drug-likeness (QED) is 0.854. The Morgan fingerprint density at radius 3 is 2.00 bits per heavy atom. The number of hydrogen-bond donors (Lipinski definition) is 2. The molecule has 0 aliphatic carbocycles. The Morgan fingerprint density at radius 2 is 1.68 bits per heavy atom. The SMILES string of the molecule is C1CN2CCC1CC2.NC(C(=O)O)c1ccccc1. The molecule has 0 saturated carbocycles. The molecule has 0 amide bonds. The van der Waals surface area contributed by atoms with E-state index in [0.29, 0.717) is 5.56 Å². The van der Waals surface area contributed by atoms with Crippen molar-refractivity contribution in [1.29, 1.82) is 0 Å². The summed E-state index contributed by atoms with van der Waals surface area (Å²) in [5.41, 5.74) is 5.96. The van der Waals surface area contributed by atoms with Gasteiger partial charge in [0.25, 0.3) is 0 Å². The highest BCUT2D eigenvalue weighted by Crippen LogP contribution is 2.26. The van der Waals surface area contributed by atoms with Crippen LogP contribution in [0, 0.1) is 5.92 Å². The summed E-state index contributed by atoms with van der Waals surface area (Å²) in [4.78, 5) is 13.0. The molecule has 3 aliphatic rings. The van der Waals surface area contributed by atoms with Crippen molar-refractivity contribution in [2.75, 3.05) is 19.6 Å². The third kappa shape index (κ3) is 4.04. The molecule has 4 heteroatoms. The van der Waals surface area contributed by atoms with Crippen LogP contribution in [-0.2, 0) is 4.79 Å². The molecule has 4 nitrogen and oxygen atoms in total. The Balaban J connectivity index is 0.000000146. The smallest absolute Gasteiger partial charge is 0.325 e. The Morgan fingerprint density at radius 1 is 1.16 bits per heavy atom. The fourth-order valence-electron chi connectivity index (χ4n) is 2.67. The number of fused-ring (bicyclic) bond motifs is 3. The molecule has 1 aromatic rings. The minimum absolute atomic E-state index is 0.625. The second-order valence-electron chi connectivity index (χ2n) is 5.30. The molecule has 0 radical (unpaired) electrons. The van der Waals surface area contributed by atoms with E-state index in [9.17, 15) is 4.79 Å². The van der Waals surface area contributed by atoms with Gasteiger partial charge in [0.15, 0.2) is 0 Å². The first-order chi connectivity index (χ1) is 9.16. The van der Waals surface area contributed by atoms with Gasteiger partial charge in [0, 0.05) is 0 Å². The number of nitrogens with two attached hydrogens (primary N) is 1. The summed E-state index contributed by atoms with van der Waals surface area (Å²) in [6.45, 7) is 4.18. The molecule has 1 unspecified atom stereocenters. The molecular formula is C15H22N2O2. The summed E-state index contributed by atoms with van der Waals surface area (Å²) in [7, 11) is 0. The van der Waals surface area contributed by atoms with Gasteiger partial charge in [-0.15, -0.1) is 0 Å². The van der Waals surface area contributed by atoms with Gasteiger partial charge in [-0.05, 0) is 50.4 Å². The summed E-state index contributed by atoms with van der Waals surface area (Å²) in [5, 5.41) is 8.51. The maximum absolute atomic E-state index is 10.4. The van der Waals surface area contributed by atoms with E-state index >= 15 is 0 Å². The Bertz CT molecular complexity index is 377. The average Bonchev–Trinajstić information content (AvgIpc) is 2.50. The monoisotopic (exact) mass is 262 g/mol. The van der Waals surface area contributed by atoms with Crippen LogP contribution in [0.4, 0.5) is 0 Å². The van der Waals surface area contributed by atoms with Crippen LogP contribution in [0.15, 0.2) is 30.3 Å². The van der Waals surface area contributed by atoms with E-state index in [-0.39, 0.29) is 0 Å². The predicted octanol–water partition coefficient (Wildman–Crippen LogP) is 1.87. The number of aliphatic carboxylic acids is 1. The van der Waals surface area contributed by atoms with E-state index in [1.54, 1.807) is 24.3 Å². The molecule has 2 bridgehead atoms. The highest BCUT2D eigenvalue weighted by molar-refractivity contribution is 5.75. The highest BCUT2D eigenvalue weighted by Gasteiger charge is 2.24. The Kier molecular flexibility index (Phi) is 4.93. The van der Waals surface area contributed by atoms with Crippen LogP contribution in [0.3, 0.4) is 0 Å². The zero-order chi connectivity index (χ0) is 13.7. The van der Waals surface area contributed by atoms with Crippen LogP contribution < -0.4 is 5.73 Å². The number of carboxylic acid groups (broad SMARTS) is 1. The third-order valence-electron chi connectivity index (χ3n) is 3.99. The van der Waals surface area contributed by atoms with Crippen molar-refractivity contribution in [3.63, 3.8) is 0 Å². The van der Waals surface area contributed by atoms with Crippen molar-refractivity contribution in [1.82, 2.24) is 4.90 Å². The second-order valence-corrected chi connectivity index (χ2v) is 5.30. The van der Waals surface area contributed by atoms with Crippen molar-refractivity contribution < 1.29 is 9.90 Å². The van der Waals surface area contributed by atoms with Crippen LogP contribution in [0.1, 0.15) is 30.9 Å². The molecular weight excluding hydrogens is 240 g/mol. The standard InChI is InChI=1S/C8H9NO2.C7H13N/c9-7(8(10)11)6-4-2-1-3-5-6;1-4-8-5-2-7(1)3-6-8/h1-5,7H,9H2,(H,10,11);7H,1-6H2. The summed E-state index contributed by atoms with van der Waals surface area (Å²) in [6, 6.07) is 7.82. The Labute approximate surface area is 114 Å². The van der Waals surface area contributed by atoms with Crippen molar-refractivity contribution >= 4 is 5.97 Å². The van der Waals surface area contributed by atoms with E-state index < -0.39 is 12.0 Å². The van der Waals surface area contributed by atoms with Crippen LogP contribution >= 0.6 is 0 Å². The molecule has 4 rings (SSSR count). The minimum Gasteiger partial charge on any atom is -0.480 e. The number of piperidine rings is 3. The second kappa shape index (κ2) is 6.68. The fraction of sp³-hybridized carbons (Fsp3) is 0.533. The fourth-order valence-corrected chi connectivity index (χ4v) is 2.67. The van der Waals surface area contributed by atoms with Gasteiger partial charge in [0.05, 0.1) is 0 Å². The molecule has 1 atom stereocenters. The van der Waals surface area contributed by atoms with E-state index in [1.807, 2.05) is 6.07 Å². The zero-order valence-electron chi connectivity index (χ0n) is 11.2. The predicted molar refractivity (Wildman–Crippen MR) is 74.8 cm³/mol. The maximum Gasteiger partial charge on any atom is 0.325 e. The molecule has 3 aliphatic heterocycles. The summed E-state index contributed by atoms with van der Waals surface area (Å²) < 4.78 is 0. The van der Waals surface area contributed by atoms with Gasteiger partial charge in [-0.3, -0.25) is 4.79 Å². The number of carbonyl (C=O) groups is 1. The lowest BCUT2D eigenvalue weighted by atomic mass is 9.89. The van der Waals surface area contributed by atoms with Crippen molar-refractivity contribution in [2.24, 2.45) is 11.7 Å². The van der Waals surface area contributed by atoms with Crippen LogP contribution in [0.5, 0.6) is 0 Å². The van der Waals surface area contributed by atoms with E-state index in [0.717, 1.165) is 5.92 Å². The largest absolute Gasteiger partial charge is 0.480 e. The van der Waals surface area contributed by atoms with Gasteiger partial charge in [0.2, 0.25) is 0 Å². The van der Waals surface area contributed by atoms with Crippen molar-refractivity contribution in [3.8, 4) is 0 Å². The average molecular weight is 262 g/mol. The lowest BCUT2D eigenvalue weighted by Crippen LogP contribution is -2.41. The number of nitrogens with zero attached hydrogens (tertiary/aromatic N) is 1. The maximum atomic E-state index is 10.4. The first-order valence-corrected chi connectivity index (χ1v) is 6.92. The van der Waals surface area contributed by atoms with E-state index in [1.165, 1.54) is 38.9 Å². The first-order valence-electron chi connectivity index (χ1n) is 6.92.